The zero-order chi connectivity index (χ0) is 23.6. The molecule has 0 spiro atoms. The summed E-state index contributed by atoms with van der Waals surface area (Å²) in [6.07, 6.45) is -4.61. The standard InChI is InChI=1S/C24H22ClF3N2O2S/c25-21-11-9-19(10-12-21)23(18-5-2-1-3-6-18)29-13-15-30(16-14-29)33(31,32)22-8-4-7-20(17-22)24(26,27)28/h1-12,17,23H,13-16H2/t23-/m0/s1. The summed E-state index contributed by atoms with van der Waals surface area (Å²) in [4.78, 5) is 1.83. The zero-order valence-electron chi connectivity index (χ0n) is 17.5. The van der Waals surface area contributed by atoms with E-state index in [4.69, 9.17) is 11.6 Å². The van der Waals surface area contributed by atoms with E-state index in [1.807, 2.05) is 54.6 Å². The summed E-state index contributed by atoms with van der Waals surface area (Å²) < 4.78 is 66.5. The molecule has 0 unspecified atom stereocenters. The van der Waals surface area contributed by atoms with Crippen molar-refractivity contribution < 1.29 is 21.6 Å². The van der Waals surface area contributed by atoms with Gasteiger partial charge in [-0.25, -0.2) is 8.42 Å². The van der Waals surface area contributed by atoms with Crippen molar-refractivity contribution in [3.8, 4) is 0 Å². The number of rotatable bonds is 5. The Bertz CT molecular complexity index is 1190. The number of sulfonamides is 1. The van der Waals surface area contributed by atoms with Crippen molar-refractivity contribution in [3.05, 3.63) is 101 Å². The first-order valence-corrected chi connectivity index (χ1v) is 12.2. The van der Waals surface area contributed by atoms with Crippen LogP contribution >= 0.6 is 11.6 Å². The fourth-order valence-corrected chi connectivity index (χ4v) is 5.67. The molecular weight excluding hydrogens is 473 g/mol. The van der Waals surface area contributed by atoms with Gasteiger partial charge in [-0.15, -0.1) is 0 Å². The van der Waals surface area contributed by atoms with Crippen LogP contribution in [0.5, 0.6) is 0 Å². The molecule has 0 aliphatic carbocycles. The molecule has 1 atom stereocenters. The number of piperazine rings is 1. The maximum Gasteiger partial charge on any atom is 0.416 e. The van der Waals surface area contributed by atoms with Gasteiger partial charge >= 0.3 is 6.18 Å². The van der Waals surface area contributed by atoms with E-state index in [0.29, 0.717) is 24.2 Å². The quantitative estimate of drug-likeness (QED) is 0.473. The summed E-state index contributed by atoms with van der Waals surface area (Å²) in [5.74, 6) is 0. The highest BCUT2D eigenvalue weighted by Gasteiger charge is 2.35. The van der Waals surface area contributed by atoms with E-state index in [1.54, 1.807) is 0 Å². The highest BCUT2D eigenvalue weighted by molar-refractivity contribution is 7.89. The van der Waals surface area contributed by atoms with Gasteiger partial charge < -0.3 is 0 Å². The molecule has 1 aliphatic rings. The van der Waals surface area contributed by atoms with Crippen LogP contribution in [0.15, 0.2) is 83.8 Å². The molecule has 1 aliphatic heterocycles. The number of halogens is 4. The smallest absolute Gasteiger partial charge is 0.290 e. The second kappa shape index (κ2) is 9.46. The zero-order valence-corrected chi connectivity index (χ0v) is 19.1. The van der Waals surface area contributed by atoms with E-state index in [2.05, 4.69) is 4.90 Å². The third-order valence-corrected chi connectivity index (χ3v) is 7.89. The van der Waals surface area contributed by atoms with Crippen LogP contribution in [0.4, 0.5) is 13.2 Å². The van der Waals surface area contributed by atoms with Crippen LogP contribution in [0.25, 0.3) is 0 Å². The number of nitrogens with zero attached hydrogens (tertiary/aromatic N) is 2. The van der Waals surface area contributed by atoms with Gasteiger partial charge in [-0.05, 0) is 41.5 Å². The summed E-state index contributed by atoms with van der Waals surface area (Å²) in [6, 6.07) is 21.2. The lowest BCUT2D eigenvalue weighted by molar-refractivity contribution is -0.137. The summed E-state index contributed by atoms with van der Waals surface area (Å²) in [6.45, 7) is 1.21. The molecule has 0 amide bonds. The number of hydrogen-bond donors (Lipinski definition) is 0. The number of alkyl halides is 3. The van der Waals surface area contributed by atoms with Crippen LogP contribution in [-0.4, -0.2) is 43.8 Å². The van der Waals surface area contributed by atoms with E-state index in [9.17, 15) is 21.6 Å². The summed E-state index contributed by atoms with van der Waals surface area (Å²) in [5, 5.41) is 0.627. The first kappa shape index (κ1) is 23.8. The van der Waals surface area contributed by atoms with Gasteiger partial charge in [0.2, 0.25) is 10.0 Å². The van der Waals surface area contributed by atoms with E-state index >= 15 is 0 Å². The second-order valence-corrected chi connectivity index (χ2v) is 10.2. The van der Waals surface area contributed by atoms with Gasteiger partial charge in [0, 0.05) is 31.2 Å². The van der Waals surface area contributed by atoms with Crippen LogP contribution < -0.4 is 0 Å². The third kappa shape index (κ3) is 5.24. The van der Waals surface area contributed by atoms with Crippen molar-refractivity contribution in [2.45, 2.75) is 17.1 Å². The normalized spacial score (nSPS) is 17.1. The predicted molar refractivity (Wildman–Crippen MR) is 122 cm³/mol. The van der Waals surface area contributed by atoms with E-state index in [1.165, 1.54) is 10.4 Å². The molecular formula is C24H22ClF3N2O2S. The van der Waals surface area contributed by atoms with Crippen molar-refractivity contribution in [2.75, 3.05) is 26.2 Å². The van der Waals surface area contributed by atoms with Crippen molar-refractivity contribution in [2.24, 2.45) is 0 Å². The SMILES string of the molecule is O=S(=O)(c1cccc(C(F)(F)F)c1)N1CCN([C@@H](c2ccccc2)c2ccc(Cl)cc2)CC1. The molecule has 4 nitrogen and oxygen atoms in total. The Morgan fingerprint density at radius 3 is 2.00 bits per heavy atom. The van der Waals surface area contributed by atoms with Gasteiger partial charge in [0.1, 0.15) is 0 Å². The second-order valence-electron chi connectivity index (χ2n) is 7.83. The minimum absolute atomic E-state index is 0.0955. The molecule has 0 bridgehead atoms. The lowest BCUT2D eigenvalue weighted by Gasteiger charge is -2.39. The Morgan fingerprint density at radius 1 is 0.788 bits per heavy atom. The molecule has 33 heavy (non-hydrogen) atoms. The van der Waals surface area contributed by atoms with Gasteiger partial charge in [-0.1, -0.05) is 60.1 Å². The van der Waals surface area contributed by atoms with Gasteiger partial charge in [0.25, 0.3) is 0 Å². The number of benzene rings is 3. The maximum atomic E-state index is 13.1. The lowest BCUT2D eigenvalue weighted by atomic mass is 9.96. The van der Waals surface area contributed by atoms with Gasteiger partial charge in [-0.2, -0.15) is 17.5 Å². The molecule has 174 valence electrons. The molecule has 0 N–H and O–H groups in total. The molecule has 1 heterocycles. The van der Waals surface area contributed by atoms with Crippen LogP contribution in [0.2, 0.25) is 5.02 Å². The molecule has 3 aromatic rings. The Kier molecular flexibility index (Phi) is 6.81. The minimum Gasteiger partial charge on any atom is -0.290 e. The summed E-state index contributed by atoms with van der Waals surface area (Å²) in [7, 11) is -4.04. The van der Waals surface area contributed by atoms with Crippen LogP contribution in [0, 0.1) is 0 Å². The Labute approximate surface area is 196 Å². The third-order valence-electron chi connectivity index (χ3n) is 5.74. The summed E-state index contributed by atoms with van der Waals surface area (Å²) >= 11 is 6.06. The molecule has 0 aromatic heterocycles. The molecule has 1 saturated heterocycles. The van der Waals surface area contributed by atoms with Crippen molar-refractivity contribution in [1.82, 2.24) is 9.21 Å². The Hall–Kier alpha value is -2.39. The first-order valence-electron chi connectivity index (χ1n) is 10.4. The van der Waals surface area contributed by atoms with E-state index in [-0.39, 0.29) is 24.0 Å². The minimum atomic E-state index is -4.61. The highest BCUT2D eigenvalue weighted by Crippen LogP contribution is 2.33. The fraction of sp³-hybridized carbons (Fsp3) is 0.250. The van der Waals surface area contributed by atoms with Crippen LogP contribution in [0.3, 0.4) is 0 Å². The average molecular weight is 495 g/mol. The highest BCUT2D eigenvalue weighted by atomic mass is 35.5. The molecule has 1 fully saturated rings. The average Bonchev–Trinajstić information content (AvgIpc) is 2.81. The first-order chi connectivity index (χ1) is 15.7. The predicted octanol–water partition coefficient (Wildman–Crippen LogP) is 5.45. The molecule has 0 saturated carbocycles. The van der Waals surface area contributed by atoms with Crippen molar-refractivity contribution in [3.63, 3.8) is 0 Å². The fourth-order valence-electron chi connectivity index (χ4n) is 4.08. The van der Waals surface area contributed by atoms with E-state index < -0.39 is 21.8 Å². The van der Waals surface area contributed by atoms with Crippen molar-refractivity contribution >= 4 is 21.6 Å². The molecule has 4 rings (SSSR count). The maximum absolute atomic E-state index is 13.1. The van der Waals surface area contributed by atoms with Crippen LogP contribution in [0.1, 0.15) is 22.7 Å². The van der Waals surface area contributed by atoms with Crippen molar-refractivity contribution in [1.29, 1.82) is 0 Å². The molecule has 9 heteroatoms. The van der Waals surface area contributed by atoms with E-state index in [0.717, 1.165) is 23.3 Å². The Balaban J connectivity index is 1.56. The molecule has 3 aromatic carbocycles. The number of hydrogen-bond acceptors (Lipinski definition) is 3. The van der Waals surface area contributed by atoms with Gasteiger partial charge in [0.05, 0.1) is 16.5 Å². The van der Waals surface area contributed by atoms with Crippen LogP contribution in [-0.2, 0) is 16.2 Å². The Morgan fingerprint density at radius 2 is 1.39 bits per heavy atom. The topological polar surface area (TPSA) is 40.6 Å². The van der Waals surface area contributed by atoms with Gasteiger partial charge in [-0.3, -0.25) is 4.90 Å². The lowest BCUT2D eigenvalue weighted by Crippen LogP contribution is -2.49. The molecule has 0 radical (unpaired) electrons. The largest absolute Gasteiger partial charge is 0.416 e. The summed E-state index contributed by atoms with van der Waals surface area (Å²) in [5.41, 5.74) is 1.11. The monoisotopic (exact) mass is 494 g/mol. The van der Waals surface area contributed by atoms with Gasteiger partial charge in [0.15, 0.2) is 0 Å².